The van der Waals surface area contributed by atoms with Gasteiger partial charge in [-0.2, -0.15) is 0 Å². The highest BCUT2D eigenvalue weighted by atomic mass is 32.2. The van der Waals surface area contributed by atoms with E-state index in [2.05, 4.69) is 43.1 Å². The number of carbonyl (C=O) groups is 1. The summed E-state index contributed by atoms with van der Waals surface area (Å²) in [5, 5.41) is 0.770. The maximum Gasteiger partial charge on any atom is 0.175 e. The monoisotopic (exact) mass is 471 g/mol. The van der Waals surface area contributed by atoms with Crippen molar-refractivity contribution in [2.24, 2.45) is 0 Å². The molecule has 4 rings (SSSR count). The van der Waals surface area contributed by atoms with Crippen LogP contribution in [0.15, 0.2) is 47.9 Å². The standard InChI is InChI=1S/C24H29N3O3S2/c1-16(2)19-5-7-20(8-6-19)26-11-10-25-24(26)31-14-23(28)22-13-17(3)27(18(22)4)21-9-12-32(29,30)15-21/h5-8,10-11,13,16,21H,9,12,14-15H2,1-4H3. The van der Waals surface area contributed by atoms with Gasteiger partial charge in [-0.3, -0.25) is 9.36 Å². The zero-order valence-corrected chi connectivity index (χ0v) is 20.5. The first-order valence-electron chi connectivity index (χ1n) is 10.8. The van der Waals surface area contributed by atoms with Gasteiger partial charge >= 0.3 is 0 Å². The second kappa shape index (κ2) is 8.90. The zero-order chi connectivity index (χ0) is 23.0. The van der Waals surface area contributed by atoms with E-state index in [0.29, 0.717) is 17.9 Å². The van der Waals surface area contributed by atoms with Crippen LogP contribution in [0.5, 0.6) is 0 Å². The number of nitrogens with zero attached hydrogens (tertiary/aromatic N) is 3. The van der Waals surface area contributed by atoms with Crippen molar-refractivity contribution in [1.29, 1.82) is 0 Å². The minimum absolute atomic E-state index is 0.0277. The lowest BCUT2D eigenvalue weighted by molar-refractivity contribution is 0.102. The summed E-state index contributed by atoms with van der Waals surface area (Å²) < 4.78 is 27.9. The fourth-order valence-electron chi connectivity index (χ4n) is 4.42. The normalized spacial score (nSPS) is 17.8. The molecule has 32 heavy (non-hydrogen) atoms. The lowest BCUT2D eigenvalue weighted by Crippen LogP contribution is -2.14. The number of benzene rings is 1. The number of ketones is 1. The predicted molar refractivity (Wildman–Crippen MR) is 129 cm³/mol. The molecule has 0 radical (unpaired) electrons. The third kappa shape index (κ3) is 4.57. The van der Waals surface area contributed by atoms with Gasteiger partial charge in [0.1, 0.15) is 0 Å². The van der Waals surface area contributed by atoms with Gasteiger partial charge in [0.25, 0.3) is 0 Å². The lowest BCUT2D eigenvalue weighted by atomic mass is 10.0. The Balaban J connectivity index is 1.49. The van der Waals surface area contributed by atoms with E-state index < -0.39 is 9.84 Å². The van der Waals surface area contributed by atoms with E-state index in [1.807, 2.05) is 35.2 Å². The molecule has 1 fully saturated rings. The highest BCUT2D eigenvalue weighted by Crippen LogP contribution is 2.30. The molecule has 1 aromatic carbocycles. The summed E-state index contributed by atoms with van der Waals surface area (Å²) in [5.74, 6) is 1.14. The van der Waals surface area contributed by atoms with E-state index in [0.717, 1.165) is 22.2 Å². The van der Waals surface area contributed by atoms with Crippen LogP contribution in [0.2, 0.25) is 0 Å². The SMILES string of the molecule is Cc1cc(C(=O)CSc2nccn2-c2ccc(C(C)C)cc2)c(C)n1C1CCS(=O)(=O)C1. The Kier molecular flexibility index (Phi) is 6.36. The van der Waals surface area contributed by atoms with E-state index in [1.165, 1.54) is 17.3 Å². The summed E-state index contributed by atoms with van der Waals surface area (Å²) in [7, 11) is -2.99. The number of carbonyl (C=O) groups excluding carboxylic acids is 1. The number of hydrogen-bond acceptors (Lipinski definition) is 5. The summed E-state index contributed by atoms with van der Waals surface area (Å²) in [5.41, 5.74) is 4.75. The Labute approximate surface area is 194 Å². The Morgan fingerprint density at radius 1 is 1.22 bits per heavy atom. The minimum Gasteiger partial charge on any atom is -0.344 e. The van der Waals surface area contributed by atoms with Gasteiger partial charge in [0, 0.05) is 41.1 Å². The summed E-state index contributed by atoms with van der Waals surface area (Å²) in [4.78, 5) is 17.5. The maximum atomic E-state index is 13.0. The molecule has 0 amide bonds. The molecule has 8 heteroatoms. The highest BCUT2D eigenvalue weighted by molar-refractivity contribution is 7.99. The zero-order valence-electron chi connectivity index (χ0n) is 18.9. The summed E-state index contributed by atoms with van der Waals surface area (Å²) in [6.45, 7) is 8.19. The van der Waals surface area contributed by atoms with Crippen LogP contribution in [-0.4, -0.2) is 45.6 Å². The molecule has 1 atom stereocenters. The second-order valence-electron chi connectivity index (χ2n) is 8.75. The average Bonchev–Trinajstić information content (AvgIpc) is 3.43. The van der Waals surface area contributed by atoms with Crippen LogP contribution in [-0.2, 0) is 9.84 Å². The van der Waals surface area contributed by atoms with Gasteiger partial charge in [-0.25, -0.2) is 13.4 Å². The molecule has 1 unspecified atom stereocenters. The Morgan fingerprint density at radius 2 is 1.94 bits per heavy atom. The number of sulfone groups is 1. The topological polar surface area (TPSA) is 74.0 Å². The van der Waals surface area contributed by atoms with Crippen molar-refractivity contribution in [3.8, 4) is 5.69 Å². The van der Waals surface area contributed by atoms with Gasteiger partial charge in [0.05, 0.1) is 17.3 Å². The first-order chi connectivity index (χ1) is 15.2. The van der Waals surface area contributed by atoms with Crippen molar-refractivity contribution in [2.45, 2.75) is 51.2 Å². The van der Waals surface area contributed by atoms with Crippen molar-refractivity contribution in [2.75, 3.05) is 17.3 Å². The molecule has 0 spiro atoms. The Morgan fingerprint density at radius 3 is 2.56 bits per heavy atom. The first kappa shape index (κ1) is 22.9. The Bertz CT molecular complexity index is 1240. The number of Topliss-reactive ketones (excluding diaryl/α,β-unsaturated/α-hetero) is 1. The van der Waals surface area contributed by atoms with Crippen LogP contribution < -0.4 is 0 Å². The van der Waals surface area contributed by atoms with E-state index in [1.54, 1.807) is 6.20 Å². The van der Waals surface area contributed by atoms with E-state index in [4.69, 9.17) is 0 Å². The van der Waals surface area contributed by atoms with Crippen molar-refractivity contribution < 1.29 is 13.2 Å². The van der Waals surface area contributed by atoms with Crippen molar-refractivity contribution in [3.05, 3.63) is 65.2 Å². The van der Waals surface area contributed by atoms with Gasteiger partial charge in [0.15, 0.2) is 20.8 Å². The molecule has 170 valence electrons. The van der Waals surface area contributed by atoms with Crippen LogP contribution in [0.25, 0.3) is 5.69 Å². The summed E-state index contributed by atoms with van der Waals surface area (Å²) in [6.07, 6.45) is 4.26. The van der Waals surface area contributed by atoms with Crippen LogP contribution >= 0.6 is 11.8 Å². The molecule has 1 aliphatic rings. The molecule has 0 saturated carbocycles. The molecule has 2 aromatic heterocycles. The van der Waals surface area contributed by atoms with Crippen LogP contribution in [0.1, 0.15) is 59.5 Å². The quantitative estimate of drug-likeness (QED) is 0.367. The number of hydrogen-bond donors (Lipinski definition) is 0. The van der Waals surface area contributed by atoms with Crippen molar-refractivity contribution >= 4 is 27.4 Å². The third-order valence-corrected chi connectivity index (χ3v) is 8.85. The molecule has 0 aliphatic carbocycles. The van der Waals surface area contributed by atoms with Gasteiger partial charge in [0.2, 0.25) is 0 Å². The number of aryl methyl sites for hydroxylation is 1. The molecule has 3 aromatic rings. The van der Waals surface area contributed by atoms with E-state index in [-0.39, 0.29) is 29.1 Å². The molecule has 0 bridgehead atoms. The molecule has 6 nitrogen and oxygen atoms in total. The Hall–Kier alpha value is -2.32. The summed E-state index contributed by atoms with van der Waals surface area (Å²) >= 11 is 1.41. The fourth-order valence-corrected chi connectivity index (χ4v) is 6.98. The van der Waals surface area contributed by atoms with Crippen LogP contribution in [0.4, 0.5) is 0 Å². The van der Waals surface area contributed by atoms with Gasteiger partial charge in [-0.05, 0) is 49.9 Å². The predicted octanol–water partition coefficient (Wildman–Crippen LogP) is 4.75. The number of thioether (sulfide) groups is 1. The lowest BCUT2D eigenvalue weighted by Gasteiger charge is -2.16. The molecule has 1 aliphatic heterocycles. The molecule has 3 heterocycles. The first-order valence-corrected chi connectivity index (χ1v) is 13.7. The molecular formula is C24H29N3O3S2. The molecule has 1 saturated heterocycles. The van der Waals surface area contributed by atoms with Crippen LogP contribution in [0.3, 0.4) is 0 Å². The van der Waals surface area contributed by atoms with Gasteiger partial charge in [-0.1, -0.05) is 37.7 Å². The van der Waals surface area contributed by atoms with E-state index in [9.17, 15) is 13.2 Å². The highest BCUT2D eigenvalue weighted by Gasteiger charge is 2.31. The smallest absolute Gasteiger partial charge is 0.175 e. The molecule has 0 N–H and O–H groups in total. The average molecular weight is 472 g/mol. The number of aromatic nitrogens is 3. The maximum absolute atomic E-state index is 13.0. The van der Waals surface area contributed by atoms with Gasteiger partial charge < -0.3 is 4.57 Å². The number of rotatable bonds is 7. The molecular weight excluding hydrogens is 442 g/mol. The third-order valence-electron chi connectivity index (χ3n) is 6.14. The number of imidazole rings is 1. The minimum atomic E-state index is -2.99. The van der Waals surface area contributed by atoms with E-state index >= 15 is 0 Å². The summed E-state index contributed by atoms with van der Waals surface area (Å²) in [6, 6.07) is 10.2. The second-order valence-corrected chi connectivity index (χ2v) is 11.9. The van der Waals surface area contributed by atoms with Gasteiger partial charge in [-0.15, -0.1) is 0 Å². The van der Waals surface area contributed by atoms with Crippen LogP contribution in [0, 0.1) is 13.8 Å². The van der Waals surface area contributed by atoms with Crippen molar-refractivity contribution in [1.82, 2.24) is 14.1 Å². The van der Waals surface area contributed by atoms with Crippen molar-refractivity contribution in [3.63, 3.8) is 0 Å². The fraction of sp³-hybridized carbons (Fsp3) is 0.417. The largest absolute Gasteiger partial charge is 0.344 e.